The third-order valence-electron chi connectivity index (χ3n) is 2.75. The smallest absolute Gasteiger partial charge is 0.336 e. The van der Waals surface area contributed by atoms with Crippen LogP contribution in [-0.4, -0.2) is 27.3 Å². The molecule has 0 aliphatic heterocycles. The Kier molecular flexibility index (Phi) is 3.63. The van der Waals surface area contributed by atoms with E-state index in [-0.39, 0.29) is 16.9 Å². The maximum atomic E-state index is 11.1. The standard InChI is InChI=1S/C14H9ClO5/c15-8-2-4-12(16)10(6-8)7-1-3-9(13(17)18)11(5-7)14(19)20/h1-6,16H,(H,17,18)(H,19,20). The van der Waals surface area contributed by atoms with Gasteiger partial charge in [-0.05, 0) is 35.9 Å². The lowest BCUT2D eigenvalue weighted by molar-refractivity contribution is 0.0651. The molecule has 0 atom stereocenters. The number of rotatable bonds is 3. The summed E-state index contributed by atoms with van der Waals surface area (Å²) >= 11 is 5.83. The van der Waals surface area contributed by atoms with Crippen LogP contribution in [0.25, 0.3) is 11.1 Å². The van der Waals surface area contributed by atoms with Crippen molar-refractivity contribution in [2.75, 3.05) is 0 Å². The van der Waals surface area contributed by atoms with Gasteiger partial charge in [-0.1, -0.05) is 17.7 Å². The number of phenolic OH excluding ortho intramolecular Hbond substituents is 1. The molecule has 102 valence electrons. The molecule has 0 spiro atoms. The SMILES string of the molecule is O=C(O)c1ccc(-c2cc(Cl)ccc2O)cc1C(=O)O. The Morgan fingerprint density at radius 2 is 1.55 bits per heavy atom. The Morgan fingerprint density at radius 1 is 0.900 bits per heavy atom. The normalized spacial score (nSPS) is 10.2. The first-order valence-electron chi connectivity index (χ1n) is 5.49. The molecule has 2 rings (SSSR count). The van der Waals surface area contributed by atoms with Gasteiger partial charge >= 0.3 is 11.9 Å². The molecule has 0 radical (unpaired) electrons. The van der Waals surface area contributed by atoms with E-state index in [0.717, 1.165) is 0 Å². The topological polar surface area (TPSA) is 94.8 Å². The highest BCUT2D eigenvalue weighted by Gasteiger charge is 2.17. The number of carboxylic acid groups (broad SMARTS) is 2. The lowest BCUT2D eigenvalue weighted by Gasteiger charge is -2.08. The minimum absolute atomic E-state index is 0.0752. The largest absolute Gasteiger partial charge is 0.507 e. The highest BCUT2D eigenvalue weighted by molar-refractivity contribution is 6.31. The number of benzene rings is 2. The van der Waals surface area contributed by atoms with E-state index in [1.165, 1.54) is 36.4 Å². The number of halogens is 1. The van der Waals surface area contributed by atoms with E-state index in [2.05, 4.69) is 0 Å². The van der Waals surface area contributed by atoms with Crippen molar-refractivity contribution >= 4 is 23.5 Å². The molecule has 0 saturated carbocycles. The van der Waals surface area contributed by atoms with Crippen molar-refractivity contribution in [2.24, 2.45) is 0 Å². The summed E-state index contributed by atoms with van der Waals surface area (Å²) in [6, 6.07) is 8.13. The van der Waals surface area contributed by atoms with E-state index < -0.39 is 11.9 Å². The number of phenols is 1. The van der Waals surface area contributed by atoms with Crippen LogP contribution in [0.1, 0.15) is 20.7 Å². The van der Waals surface area contributed by atoms with Crippen molar-refractivity contribution < 1.29 is 24.9 Å². The highest BCUT2D eigenvalue weighted by atomic mass is 35.5. The van der Waals surface area contributed by atoms with Crippen molar-refractivity contribution in [3.63, 3.8) is 0 Å². The van der Waals surface area contributed by atoms with E-state index in [1.54, 1.807) is 0 Å². The Labute approximate surface area is 118 Å². The molecule has 6 heteroatoms. The van der Waals surface area contributed by atoms with Crippen LogP contribution >= 0.6 is 11.6 Å². The van der Waals surface area contributed by atoms with Crippen LogP contribution in [0.5, 0.6) is 5.75 Å². The number of aromatic carboxylic acids is 2. The summed E-state index contributed by atoms with van der Waals surface area (Å²) in [7, 11) is 0. The van der Waals surface area contributed by atoms with Crippen LogP contribution < -0.4 is 0 Å². The first kappa shape index (κ1) is 13.9. The average Bonchev–Trinajstić information content (AvgIpc) is 2.40. The summed E-state index contributed by atoms with van der Waals surface area (Å²) in [4.78, 5) is 22.1. The Balaban J connectivity index is 2.65. The summed E-state index contributed by atoms with van der Waals surface area (Å²) < 4.78 is 0. The minimum Gasteiger partial charge on any atom is -0.507 e. The third-order valence-corrected chi connectivity index (χ3v) is 2.99. The molecule has 0 unspecified atom stereocenters. The minimum atomic E-state index is -1.36. The molecular formula is C14H9ClO5. The van der Waals surface area contributed by atoms with Gasteiger partial charge in [-0.3, -0.25) is 0 Å². The molecule has 0 aliphatic carbocycles. The average molecular weight is 293 g/mol. The first-order chi connectivity index (χ1) is 9.40. The summed E-state index contributed by atoms with van der Waals surface area (Å²) in [6.07, 6.45) is 0. The van der Waals surface area contributed by atoms with Gasteiger partial charge in [0.15, 0.2) is 0 Å². The monoisotopic (exact) mass is 292 g/mol. The van der Waals surface area contributed by atoms with E-state index >= 15 is 0 Å². The molecule has 2 aromatic rings. The van der Waals surface area contributed by atoms with Gasteiger partial charge in [0.05, 0.1) is 11.1 Å². The van der Waals surface area contributed by atoms with Gasteiger partial charge in [0, 0.05) is 10.6 Å². The predicted octanol–water partition coefficient (Wildman–Crippen LogP) is 3.11. The maximum Gasteiger partial charge on any atom is 0.336 e. The van der Waals surface area contributed by atoms with E-state index in [1.807, 2.05) is 0 Å². The van der Waals surface area contributed by atoms with E-state index in [4.69, 9.17) is 21.8 Å². The second kappa shape index (κ2) is 5.22. The second-order valence-corrected chi connectivity index (χ2v) is 4.47. The van der Waals surface area contributed by atoms with E-state index in [9.17, 15) is 14.7 Å². The summed E-state index contributed by atoms with van der Waals surface area (Å²) in [5.41, 5.74) is 0.0292. The van der Waals surface area contributed by atoms with Gasteiger partial charge in [-0.2, -0.15) is 0 Å². The lowest BCUT2D eigenvalue weighted by Crippen LogP contribution is -2.08. The van der Waals surface area contributed by atoms with Crippen LogP contribution in [-0.2, 0) is 0 Å². The van der Waals surface area contributed by atoms with Crippen LogP contribution in [0.15, 0.2) is 36.4 Å². The Morgan fingerprint density at radius 3 is 2.15 bits per heavy atom. The van der Waals surface area contributed by atoms with Crippen LogP contribution in [0.4, 0.5) is 0 Å². The van der Waals surface area contributed by atoms with E-state index in [0.29, 0.717) is 16.1 Å². The van der Waals surface area contributed by atoms with Crippen molar-refractivity contribution in [3.05, 3.63) is 52.5 Å². The molecule has 5 nitrogen and oxygen atoms in total. The van der Waals surface area contributed by atoms with Crippen molar-refractivity contribution in [2.45, 2.75) is 0 Å². The zero-order chi connectivity index (χ0) is 14.9. The summed E-state index contributed by atoms with van der Waals surface area (Å²) in [5.74, 6) is -2.76. The Bertz CT molecular complexity index is 709. The van der Waals surface area contributed by atoms with Crippen molar-refractivity contribution in [1.82, 2.24) is 0 Å². The van der Waals surface area contributed by atoms with Crippen LogP contribution in [0.2, 0.25) is 5.02 Å². The molecule has 0 bridgehead atoms. The number of hydrogen-bond donors (Lipinski definition) is 3. The predicted molar refractivity (Wildman–Crippen MR) is 72.5 cm³/mol. The molecule has 20 heavy (non-hydrogen) atoms. The third kappa shape index (κ3) is 2.57. The number of hydrogen-bond acceptors (Lipinski definition) is 3. The maximum absolute atomic E-state index is 11.1. The van der Waals surface area contributed by atoms with Crippen molar-refractivity contribution in [1.29, 1.82) is 0 Å². The molecule has 0 heterocycles. The zero-order valence-electron chi connectivity index (χ0n) is 10.0. The summed E-state index contributed by atoms with van der Waals surface area (Å²) in [6.45, 7) is 0. The van der Waals surface area contributed by atoms with Gasteiger partial charge in [-0.15, -0.1) is 0 Å². The van der Waals surface area contributed by atoms with Gasteiger partial charge in [0.1, 0.15) is 5.75 Å². The van der Waals surface area contributed by atoms with Gasteiger partial charge in [-0.25, -0.2) is 9.59 Å². The second-order valence-electron chi connectivity index (χ2n) is 4.03. The zero-order valence-corrected chi connectivity index (χ0v) is 10.8. The molecule has 3 N–H and O–H groups in total. The Hall–Kier alpha value is -2.53. The van der Waals surface area contributed by atoms with Crippen LogP contribution in [0.3, 0.4) is 0 Å². The molecule has 0 amide bonds. The molecular weight excluding hydrogens is 284 g/mol. The fourth-order valence-corrected chi connectivity index (χ4v) is 1.99. The molecule has 0 aliphatic rings. The van der Waals surface area contributed by atoms with Gasteiger partial charge < -0.3 is 15.3 Å². The molecule has 0 aromatic heterocycles. The van der Waals surface area contributed by atoms with Gasteiger partial charge in [0.2, 0.25) is 0 Å². The van der Waals surface area contributed by atoms with Gasteiger partial charge in [0.25, 0.3) is 0 Å². The summed E-state index contributed by atoms with van der Waals surface area (Å²) in [5, 5.41) is 28.1. The van der Waals surface area contributed by atoms with Crippen molar-refractivity contribution in [3.8, 4) is 16.9 Å². The molecule has 2 aromatic carbocycles. The first-order valence-corrected chi connectivity index (χ1v) is 5.87. The fraction of sp³-hybridized carbons (Fsp3) is 0. The number of aromatic hydroxyl groups is 1. The lowest BCUT2D eigenvalue weighted by atomic mass is 9.98. The quantitative estimate of drug-likeness (QED) is 0.808. The highest BCUT2D eigenvalue weighted by Crippen LogP contribution is 2.32. The number of carbonyl (C=O) groups is 2. The fourth-order valence-electron chi connectivity index (χ4n) is 1.81. The molecule has 0 saturated heterocycles. The van der Waals surface area contributed by atoms with Crippen LogP contribution in [0, 0.1) is 0 Å². The molecule has 0 fully saturated rings. The number of carboxylic acids is 2.